The minimum Gasteiger partial charge on any atom is -0.497 e. The molecule has 0 aliphatic carbocycles. The maximum absolute atomic E-state index is 12.9. The van der Waals surface area contributed by atoms with Crippen LogP contribution in [-0.4, -0.2) is 42.4 Å². The number of carbonyl (C=O) groups excluding carboxylic acids is 2. The molecule has 2 amide bonds. The van der Waals surface area contributed by atoms with E-state index in [0.717, 1.165) is 17.5 Å². The molecule has 0 atom stereocenters. The predicted molar refractivity (Wildman–Crippen MR) is 112 cm³/mol. The van der Waals surface area contributed by atoms with Gasteiger partial charge in [0.2, 0.25) is 0 Å². The third-order valence-corrected chi connectivity index (χ3v) is 5.09. The largest absolute Gasteiger partial charge is 0.497 e. The van der Waals surface area contributed by atoms with Gasteiger partial charge in [-0.25, -0.2) is 0 Å². The molecule has 1 aliphatic heterocycles. The molecule has 2 N–H and O–H groups in total. The lowest BCUT2D eigenvalue weighted by Gasteiger charge is -2.17. The van der Waals surface area contributed by atoms with Crippen LogP contribution in [0.5, 0.6) is 11.5 Å². The van der Waals surface area contributed by atoms with Crippen LogP contribution < -0.4 is 20.1 Å². The van der Waals surface area contributed by atoms with Gasteiger partial charge >= 0.3 is 0 Å². The van der Waals surface area contributed by atoms with Gasteiger partial charge in [-0.05, 0) is 48.4 Å². The summed E-state index contributed by atoms with van der Waals surface area (Å²) in [4.78, 5) is 24.9. The predicted octanol–water partition coefficient (Wildman–Crippen LogP) is 2.64. The van der Waals surface area contributed by atoms with Crippen molar-refractivity contribution in [3.05, 3.63) is 59.3 Å². The highest BCUT2D eigenvalue weighted by molar-refractivity contribution is 6.05. The number of anilines is 1. The highest BCUT2D eigenvalue weighted by Crippen LogP contribution is 2.33. The number of nitrogens with one attached hydrogen (secondary N) is 2. The first-order chi connectivity index (χ1) is 14.5. The molecule has 0 radical (unpaired) electrons. The number of ether oxygens (including phenoxy) is 2. The second-order valence-corrected chi connectivity index (χ2v) is 6.94. The van der Waals surface area contributed by atoms with E-state index in [9.17, 15) is 9.59 Å². The van der Waals surface area contributed by atoms with Gasteiger partial charge in [0.25, 0.3) is 11.8 Å². The number of hydrogen-bond acceptors (Lipinski definition) is 5. The molecule has 4 rings (SSSR count). The van der Waals surface area contributed by atoms with Gasteiger partial charge in [0.05, 0.1) is 19.9 Å². The van der Waals surface area contributed by atoms with Crippen LogP contribution in [0.15, 0.2) is 42.5 Å². The number of nitrogens with zero attached hydrogens (tertiary/aromatic N) is 2. The second kappa shape index (κ2) is 7.90. The number of aromatic nitrogens is 2. The molecule has 0 fully saturated rings. The summed E-state index contributed by atoms with van der Waals surface area (Å²) < 4.78 is 12.2. The molecule has 1 aliphatic rings. The first-order valence-corrected chi connectivity index (χ1v) is 9.49. The van der Waals surface area contributed by atoms with Crippen LogP contribution in [0.4, 0.5) is 5.69 Å². The van der Waals surface area contributed by atoms with Gasteiger partial charge in [0.15, 0.2) is 0 Å². The van der Waals surface area contributed by atoms with Crippen molar-refractivity contribution in [3.63, 3.8) is 0 Å². The van der Waals surface area contributed by atoms with Gasteiger partial charge in [-0.2, -0.15) is 5.10 Å². The molecule has 154 valence electrons. The molecule has 8 nitrogen and oxygen atoms in total. The molecule has 8 heteroatoms. The minimum absolute atomic E-state index is 0.125. The van der Waals surface area contributed by atoms with Crippen molar-refractivity contribution in [3.8, 4) is 22.8 Å². The Labute approximate surface area is 173 Å². The first-order valence-electron chi connectivity index (χ1n) is 9.49. The van der Waals surface area contributed by atoms with E-state index >= 15 is 0 Å². The van der Waals surface area contributed by atoms with Crippen LogP contribution in [0.3, 0.4) is 0 Å². The summed E-state index contributed by atoms with van der Waals surface area (Å²) >= 11 is 0. The molecule has 0 bridgehead atoms. The zero-order valence-electron chi connectivity index (χ0n) is 17.0. The van der Waals surface area contributed by atoms with E-state index in [1.165, 1.54) is 4.68 Å². The van der Waals surface area contributed by atoms with E-state index in [1.807, 2.05) is 12.1 Å². The molecular formula is C22H22N4O4. The first kappa shape index (κ1) is 19.5. The Hall–Kier alpha value is -3.81. The monoisotopic (exact) mass is 406 g/mol. The van der Waals surface area contributed by atoms with Gasteiger partial charge in [0, 0.05) is 30.4 Å². The van der Waals surface area contributed by atoms with Gasteiger partial charge < -0.3 is 20.1 Å². The van der Waals surface area contributed by atoms with E-state index in [-0.39, 0.29) is 11.8 Å². The number of aryl methyl sites for hydroxylation is 1. The van der Waals surface area contributed by atoms with Crippen molar-refractivity contribution in [2.45, 2.75) is 6.42 Å². The summed E-state index contributed by atoms with van der Waals surface area (Å²) in [6.45, 7) is 0.628. The lowest BCUT2D eigenvalue weighted by atomic mass is 10.00. The van der Waals surface area contributed by atoms with Crippen LogP contribution >= 0.6 is 0 Å². The van der Waals surface area contributed by atoms with Gasteiger partial charge in [0.1, 0.15) is 17.2 Å². The third-order valence-electron chi connectivity index (χ3n) is 5.09. The smallest absolute Gasteiger partial charge is 0.273 e. The SMILES string of the molecule is COc1ccc(OC)c(-c2cc(C(=O)Nc3ccc4c(c3)C(=O)NCC4)n(C)n2)c1. The molecular weight excluding hydrogens is 384 g/mol. The van der Waals surface area contributed by atoms with Gasteiger partial charge in [-0.15, -0.1) is 0 Å². The molecule has 0 saturated carbocycles. The van der Waals surface area contributed by atoms with E-state index in [0.29, 0.717) is 40.7 Å². The fourth-order valence-electron chi connectivity index (χ4n) is 3.51. The van der Waals surface area contributed by atoms with Crippen molar-refractivity contribution >= 4 is 17.5 Å². The topological polar surface area (TPSA) is 94.5 Å². The normalized spacial score (nSPS) is 12.7. The van der Waals surface area contributed by atoms with Crippen molar-refractivity contribution in [1.82, 2.24) is 15.1 Å². The van der Waals surface area contributed by atoms with Crippen LogP contribution in [0.2, 0.25) is 0 Å². The summed E-state index contributed by atoms with van der Waals surface area (Å²) in [5.74, 6) is 0.839. The number of fused-ring (bicyclic) bond motifs is 1. The second-order valence-electron chi connectivity index (χ2n) is 6.94. The third kappa shape index (κ3) is 3.59. The molecule has 3 aromatic rings. The van der Waals surface area contributed by atoms with Crippen molar-refractivity contribution in [1.29, 1.82) is 0 Å². The van der Waals surface area contributed by atoms with Gasteiger partial charge in [-0.1, -0.05) is 6.07 Å². The lowest BCUT2D eigenvalue weighted by molar-refractivity contribution is 0.0944. The Morgan fingerprint density at radius 3 is 2.70 bits per heavy atom. The molecule has 2 heterocycles. The van der Waals surface area contributed by atoms with Crippen LogP contribution in [0.25, 0.3) is 11.3 Å². The van der Waals surface area contributed by atoms with E-state index in [2.05, 4.69) is 15.7 Å². The van der Waals surface area contributed by atoms with Crippen molar-refractivity contribution in [2.75, 3.05) is 26.1 Å². The highest BCUT2D eigenvalue weighted by Gasteiger charge is 2.20. The number of methoxy groups -OCH3 is 2. The summed E-state index contributed by atoms with van der Waals surface area (Å²) in [7, 11) is 4.86. The average molecular weight is 406 g/mol. The Kier molecular flexibility index (Phi) is 5.14. The van der Waals surface area contributed by atoms with Crippen molar-refractivity contribution < 1.29 is 19.1 Å². The summed E-state index contributed by atoms with van der Waals surface area (Å²) in [5, 5.41) is 10.1. The molecule has 2 aromatic carbocycles. The van der Waals surface area contributed by atoms with Gasteiger partial charge in [-0.3, -0.25) is 14.3 Å². The Morgan fingerprint density at radius 1 is 1.10 bits per heavy atom. The Morgan fingerprint density at radius 2 is 1.93 bits per heavy atom. The highest BCUT2D eigenvalue weighted by atomic mass is 16.5. The lowest BCUT2D eigenvalue weighted by Crippen LogP contribution is -2.31. The van der Waals surface area contributed by atoms with Crippen LogP contribution in [0, 0.1) is 0 Å². The summed E-state index contributed by atoms with van der Waals surface area (Å²) in [6.07, 6.45) is 0.781. The van der Waals surface area contributed by atoms with Crippen LogP contribution in [-0.2, 0) is 13.5 Å². The fraction of sp³-hybridized carbons (Fsp3) is 0.227. The van der Waals surface area contributed by atoms with Crippen molar-refractivity contribution in [2.24, 2.45) is 7.05 Å². The standard InChI is InChI=1S/C22H22N4O4/c1-26-19(12-18(25-26)17-11-15(29-2)6-7-20(17)30-3)22(28)24-14-5-4-13-8-9-23-21(27)16(13)10-14/h4-7,10-12H,8-9H2,1-3H3,(H,23,27)(H,24,28). The number of rotatable bonds is 5. The quantitative estimate of drug-likeness (QED) is 0.679. The number of amides is 2. The molecule has 0 saturated heterocycles. The molecule has 0 spiro atoms. The molecule has 30 heavy (non-hydrogen) atoms. The number of hydrogen-bond donors (Lipinski definition) is 2. The summed E-state index contributed by atoms with van der Waals surface area (Å²) in [5.41, 5.74) is 3.80. The molecule has 0 unspecified atom stereocenters. The average Bonchev–Trinajstić information content (AvgIpc) is 3.15. The van der Waals surface area contributed by atoms with E-state index < -0.39 is 0 Å². The fourth-order valence-corrected chi connectivity index (χ4v) is 3.51. The Balaban J connectivity index is 1.62. The van der Waals surface area contributed by atoms with E-state index in [4.69, 9.17) is 9.47 Å². The van der Waals surface area contributed by atoms with Crippen LogP contribution in [0.1, 0.15) is 26.4 Å². The number of benzene rings is 2. The zero-order chi connectivity index (χ0) is 21.3. The minimum atomic E-state index is -0.325. The zero-order valence-corrected chi connectivity index (χ0v) is 17.0. The summed E-state index contributed by atoms with van der Waals surface area (Å²) in [6, 6.07) is 12.5. The maximum atomic E-state index is 12.9. The number of carbonyl (C=O) groups is 2. The maximum Gasteiger partial charge on any atom is 0.273 e. The van der Waals surface area contributed by atoms with E-state index in [1.54, 1.807) is 51.6 Å². The Bertz CT molecular complexity index is 1140. The molecule has 1 aromatic heterocycles.